The van der Waals surface area contributed by atoms with Gasteiger partial charge in [0, 0.05) is 47.2 Å². The lowest BCUT2D eigenvalue weighted by atomic mass is 9.95. The van der Waals surface area contributed by atoms with Crippen molar-refractivity contribution in [2.45, 2.75) is 0 Å². The molecule has 8 aromatic rings. The van der Waals surface area contributed by atoms with Gasteiger partial charge in [0.05, 0.1) is 5.52 Å². The van der Waals surface area contributed by atoms with Gasteiger partial charge in [-0.05, 0) is 33.7 Å². The number of aromatic amines is 1. The summed E-state index contributed by atoms with van der Waals surface area (Å²) in [6.45, 7) is 0. The Morgan fingerprint density at radius 2 is 1.09 bits per heavy atom. The number of thiophene rings is 1. The van der Waals surface area contributed by atoms with Crippen LogP contribution in [0.3, 0.4) is 0 Å². The molecule has 2 heterocycles. The first kappa shape index (κ1) is 16.8. The van der Waals surface area contributed by atoms with Crippen molar-refractivity contribution < 1.29 is 0 Å². The van der Waals surface area contributed by atoms with Crippen molar-refractivity contribution in [1.29, 1.82) is 0 Å². The molecule has 148 valence electrons. The molecule has 0 atom stereocenters. The molecule has 0 bridgehead atoms. The topological polar surface area (TPSA) is 15.8 Å². The van der Waals surface area contributed by atoms with Crippen LogP contribution in [0.5, 0.6) is 0 Å². The Labute approximate surface area is 187 Å². The van der Waals surface area contributed by atoms with Gasteiger partial charge >= 0.3 is 0 Å². The highest BCUT2D eigenvalue weighted by molar-refractivity contribution is 7.27. The predicted octanol–water partition coefficient (Wildman–Crippen LogP) is 9.15. The van der Waals surface area contributed by atoms with E-state index in [2.05, 4.69) is 102 Å². The summed E-state index contributed by atoms with van der Waals surface area (Å²) in [5.41, 5.74) is 2.45. The van der Waals surface area contributed by atoms with Crippen LogP contribution in [0.1, 0.15) is 0 Å². The molecule has 0 saturated heterocycles. The lowest BCUT2D eigenvalue weighted by molar-refractivity contribution is 1.57. The van der Waals surface area contributed by atoms with Crippen molar-refractivity contribution in [2.75, 3.05) is 0 Å². The third-order valence-corrected chi connectivity index (χ3v) is 8.15. The molecule has 0 amide bonds. The van der Waals surface area contributed by atoms with E-state index in [0.717, 1.165) is 0 Å². The van der Waals surface area contributed by atoms with Crippen LogP contribution in [0.25, 0.3) is 74.3 Å². The quantitative estimate of drug-likeness (QED) is 0.250. The molecule has 2 aromatic heterocycles. The highest BCUT2D eigenvalue weighted by atomic mass is 32.1. The van der Waals surface area contributed by atoms with E-state index in [9.17, 15) is 0 Å². The fourth-order valence-corrected chi connectivity index (χ4v) is 6.88. The molecule has 0 unspecified atom stereocenters. The van der Waals surface area contributed by atoms with Crippen molar-refractivity contribution in [3.05, 3.63) is 97.1 Å². The molecule has 2 heteroatoms. The van der Waals surface area contributed by atoms with Gasteiger partial charge in [0.1, 0.15) is 0 Å². The van der Waals surface area contributed by atoms with Gasteiger partial charge in [0.25, 0.3) is 0 Å². The number of fused-ring (bicyclic) bond motifs is 14. The van der Waals surface area contributed by atoms with Gasteiger partial charge in [-0.15, -0.1) is 11.3 Å². The molecule has 0 aliphatic carbocycles. The van der Waals surface area contributed by atoms with Gasteiger partial charge < -0.3 is 4.98 Å². The zero-order chi connectivity index (χ0) is 20.8. The number of nitrogens with one attached hydrogen (secondary N) is 1. The Balaban J connectivity index is 1.82. The lowest BCUT2D eigenvalue weighted by Crippen LogP contribution is -1.79. The van der Waals surface area contributed by atoms with Crippen LogP contribution < -0.4 is 0 Å². The molecule has 6 aromatic carbocycles. The fourth-order valence-electron chi connectivity index (χ4n) is 5.62. The van der Waals surface area contributed by atoms with Crippen molar-refractivity contribution in [3.63, 3.8) is 0 Å². The van der Waals surface area contributed by atoms with E-state index >= 15 is 0 Å². The second-order valence-electron chi connectivity index (χ2n) is 8.60. The first-order valence-corrected chi connectivity index (χ1v) is 11.8. The van der Waals surface area contributed by atoms with E-state index in [4.69, 9.17) is 0 Å². The zero-order valence-corrected chi connectivity index (χ0v) is 18.0. The van der Waals surface area contributed by atoms with E-state index in [0.29, 0.717) is 0 Å². The maximum Gasteiger partial charge on any atom is 0.0552 e. The monoisotopic (exact) mass is 423 g/mol. The number of benzene rings is 6. The molecule has 0 aliphatic heterocycles. The van der Waals surface area contributed by atoms with Gasteiger partial charge in [-0.3, -0.25) is 0 Å². The smallest absolute Gasteiger partial charge is 0.0552 e. The average molecular weight is 424 g/mol. The van der Waals surface area contributed by atoms with Crippen LogP contribution in [0.15, 0.2) is 97.1 Å². The lowest BCUT2D eigenvalue weighted by Gasteiger charge is -2.06. The van der Waals surface area contributed by atoms with E-state index in [1.165, 1.54) is 74.3 Å². The van der Waals surface area contributed by atoms with Crippen LogP contribution in [0.2, 0.25) is 0 Å². The minimum atomic E-state index is 1.20. The fraction of sp³-hybridized carbons (Fsp3) is 0. The average Bonchev–Trinajstić information content (AvgIpc) is 3.43. The Bertz CT molecular complexity index is 1890. The minimum absolute atomic E-state index is 1.20. The van der Waals surface area contributed by atoms with E-state index in [-0.39, 0.29) is 0 Å². The summed E-state index contributed by atoms with van der Waals surface area (Å²) in [5, 5.41) is 13.3. The summed E-state index contributed by atoms with van der Waals surface area (Å²) >= 11 is 1.92. The molecule has 0 radical (unpaired) electrons. The van der Waals surface area contributed by atoms with Crippen LogP contribution in [-0.4, -0.2) is 4.98 Å². The number of rotatable bonds is 0. The molecule has 0 fully saturated rings. The van der Waals surface area contributed by atoms with E-state index < -0.39 is 0 Å². The number of hydrogen-bond acceptors (Lipinski definition) is 1. The maximum absolute atomic E-state index is 3.81. The molecule has 1 nitrogen and oxygen atoms in total. The third kappa shape index (κ3) is 1.99. The highest BCUT2D eigenvalue weighted by Gasteiger charge is 2.20. The van der Waals surface area contributed by atoms with Crippen LogP contribution >= 0.6 is 11.3 Å². The second kappa shape index (κ2) is 5.87. The van der Waals surface area contributed by atoms with Crippen LogP contribution in [-0.2, 0) is 0 Å². The summed E-state index contributed by atoms with van der Waals surface area (Å²) in [7, 11) is 0. The summed E-state index contributed by atoms with van der Waals surface area (Å²) in [6.07, 6.45) is 0. The largest absolute Gasteiger partial charge is 0.354 e. The highest BCUT2D eigenvalue weighted by Crippen LogP contribution is 2.48. The number of H-pyrrole nitrogens is 1. The Morgan fingerprint density at radius 3 is 1.88 bits per heavy atom. The summed E-state index contributed by atoms with van der Waals surface area (Å²) in [6, 6.07) is 35.4. The van der Waals surface area contributed by atoms with Crippen molar-refractivity contribution in [2.24, 2.45) is 0 Å². The molecular formula is C30H17NS. The molecule has 1 N–H and O–H groups in total. The maximum atomic E-state index is 3.81. The molecule has 0 spiro atoms. The van der Waals surface area contributed by atoms with E-state index in [1.54, 1.807) is 0 Å². The summed E-state index contributed by atoms with van der Waals surface area (Å²) < 4.78 is 2.74. The standard InChI is InChI=1S/C30H17NS/c1-3-9-19-17(7-1)13-15-23-25(19)27-28-26-20-10-4-2-8-18(20)14-16-24(26)32-30(28)22-12-6-5-11-21(22)29(27)31-23/h1-16,31H. The van der Waals surface area contributed by atoms with Gasteiger partial charge in [-0.25, -0.2) is 0 Å². The van der Waals surface area contributed by atoms with Gasteiger partial charge in [-0.2, -0.15) is 0 Å². The first-order valence-electron chi connectivity index (χ1n) is 11.0. The second-order valence-corrected chi connectivity index (χ2v) is 9.65. The Hall–Kier alpha value is -3.88. The molecule has 8 rings (SSSR count). The predicted molar refractivity (Wildman–Crippen MR) is 141 cm³/mol. The zero-order valence-electron chi connectivity index (χ0n) is 17.1. The first-order chi connectivity index (χ1) is 15.9. The van der Waals surface area contributed by atoms with Crippen molar-refractivity contribution >= 4 is 85.6 Å². The molecule has 32 heavy (non-hydrogen) atoms. The Morgan fingerprint density at radius 1 is 0.469 bits per heavy atom. The van der Waals surface area contributed by atoms with Crippen molar-refractivity contribution in [1.82, 2.24) is 4.98 Å². The third-order valence-electron chi connectivity index (χ3n) is 6.96. The number of hydrogen-bond donors (Lipinski definition) is 1. The normalized spacial score (nSPS) is 12.4. The molecular weight excluding hydrogens is 406 g/mol. The SMILES string of the molecule is c1ccc2c(c1)ccc1[nH]c3c4ccccc4c4sc5ccc6ccccc6c5c4c3c12. The minimum Gasteiger partial charge on any atom is -0.354 e. The van der Waals surface area contributed by atoms with Gasteiger partial charge in [0.2, 0.25) is 0 Å². The Kier molecular flexibility index (Phi) is 3.08. The molecule has 0 aliphatic rings. The summed E-state index contributed by atoms with van der Waals surface area (Å²) in [5.74, 6) is 0. The van der Waals surface area contributed by atoms with Crippen LogP contribution in [0, 0.1) is 0 Å². The van der Waals surface area contributed by atoms with Gasteiger partial charge in [-0.1, -0.05) is 84.9 Å². The number of aromatic nitrogens is 1. The summed E-state index contributed by atoms with van der Waals surface area (Å²) in [4.78, 5) is 3.81. The van der Waals surface area contributed by atoms with Crippen LogP contribution in [0.4, 0.5) is 0 Å². The van der Waals surface area contributed by atoms with Gasteiger partial charge in [0.15, 0.2) is 0 Å². The molecule has 0 saturated carbocycles. The van der Waals surface area contributed by atoms with E-state index in [1.807, 2.05) is 11.3 Å². The van der Waals surface area contributed by atoms with Crippen molar-refractivity contribution in [3.8, 4) is 0 Å².